The highest BCUT2D eigenvalue weighted by atomic mass is 15.2. The van der Waals surface area contributed by atoms with E-state index in [0.29, 0.717) is 13.1 Å². The normalized spacial score (nSPS) is 11.6. The van der Waals surface area contributed by atoms with E-state index in [1.165, 1.54) is 11.1 Å². The topological polar surface area (TPSA) is 52.6 Å². The second kappa shape index (κ2) is 11.3. The molecule has 2 aromatic rings. The van der Waals surface area contributed by atoms with Crippen LogP contribution in [0.1, 0.15) is 37.6 Å². The van der Waals surface area contributed by atoms with Crippen molar-refractivity contribution >= 4 is 5.96 Å². The van der Waals surface area contributed by atoms with Gasteiger partial charge in [-0.15, -0.1) is 0 Å². The Bertz CT molecular complexity index is 665. The van der Waals surface area contributed by atoms with Crippen molar-refractivity contribution in [2.24, 2.45) is 4.99 Å². The lowest BCUT2D eigenvalue weighted by molar-refractivity contribution is 0.296. The average Bonchev–Trinajstić information content (AvgIpc) is 2.69. The van der Waals surface area contributed by atoms with Crippen molar-refractivity contribution in [2.45, 2.75) is 40.4 Å². The zero-order chi connectivity index (χ0) is 18.6. The monoisotopic (exact) mass is 353 g/mol. The molecule has 0 aliphatic carbocycles. The third-order valence-corrected chi connectivity index (χ3v) is 4.22. The summed E-state index contributed by atoms with van der Waals surface area (Å²) in [5.41, 5.74) is 3.57. The molecule has 0 fully saturated rings. The number of rotatable bonds is 9. The number of pyridine rings is 1. The molecule has 0 bridgehead atoms. The van der Waals surface area contributed by atoms with Crippen molar-refractivity contribution in [1.29, 1.82) is 0 Å². The Morgan fingerprint density at radius 1 is 1.00 bits per heavy atom. The van der Waals surface area contributed by atoms with Crippen LogP contribution < -0.4 is 10.6 Å². The number of aromatic nitrogens is 1. The number of hydrogen-bond acceptors (Lipinski definition) is 3. The SMILES string of the molecule is CCNC(=NCc1cccc(CN(CC)CC)c1)NCc1ccccn1. The van der Waals surface area contributed by atoms with E-state index in [4.69, 9.17) is 4.99 Å². The molecule has 0 aliphatic heterocycles. The lowest BCUT2D eigenvalue weighted by atomic mass is 10.1. The van der Waals surface area contributed by atoms with E-state index < -0.39 is 0 Å². The van der Waals surface area contributed by atoms with Gasteiger partial charge in [0, 0.05) is 19.3 Å². The molecular formula is C21H31N5. The van der Waals surface area contributed by atoms with Gasteiger partial charge in [0.2, 0.25) is 0 Å². The molecule has 0 unspecified atom stereocenters. The van der Waals surface area contributed by atoms with Crippen molar-refractivity contribution in [3.05, 3.63) is 65.5 Å². The Morgan fingerprint density at radius 3 is 2.50 bits per heavy atom. The maximum Gasteiger partial charge on any atom is 0.191 e. The lowest BCUT2D eigenvalue weighted by Crippen LogP contribution is -2.37. The van der Waals surface area contributed by atoms with Crippen molar-refractivity contribution in [3.8, 4) is 0 Å². The van der Waals surface area contributed by atoms with Gasteiger partial charge in [-0.25, -0.2) is 4.99 Å². The highest BCUT2D eigenvalue weighted by Gasteiger charge is 2.03. The number of nitrogens with zero attached hydrogens (tertiary/aromatic N) is 3. The molecular weight excluding hydrogens is 322 g/mol. The molecule has 0 spiro atoms. The minimum Gasteiger partial charge on any atom is -0.357 e. The molecule has 0 amide bonds. The number of guanidine groups is 1. The van der Waals surface area contributed by atoms with Gasteiger partial charge in [-0.05, 0) is 43.3 Å². The predicted molar refractivity (Wildman–Crippen MR) is 109 cm³/mol. The fourth-order valence-electron chi connectivity index (χ4n) is 2.72. The third-order valence-electron chi connectivity index (χ3n) is 4.22. The first-order valence-corrected chi connectivity index (χ1v) is 9.47. The second-order valence-corrected chi connectivity index (χ2v) is 6.15. The molecule has 1 aromatic heterocycles. The molecule has 0 saturated carbocycles. The van der Waals surface area contributed by atoms with Gasteiger partial charge >= 0.3 is 0 Å². The fraction of sp³-hybridized carbons (Fsp3) is 0.429. The van der Waals surface area contributed by atoms with Gasteiger partial charge in [-0.2, -0.15) is 0 Å². The van der Waals surface area contributed by atoms with Crippen LogP contribution in [0.25, 0.3) is 0 Å². The van der Waals surface area contributed by atoms with Gasteiger partial charge in [0.05, 0.1) is 18.8 Å². The standard InChI is InChI=1S/C21H31N5/c1-4-22-21(25-16-20-12-7-8-13-23-20)24-15-18-10-9-11-19(14-18)17-26(5-2)6-3/h7-14H,4-6,15-17H2,1-3H3,(H2,22,24,25). The molecule has 1 aromatic carbocycles. The van der Waals surface area contributed by atoms with Gasteiger partial charge in [0.1, 0.15) is 0 Å². The van der Waals surface area contributed by atoms with Crippen LogP contribution in [0.15, 0.2) is 53.7 Å². The van der Waals surface area contributed by atoms with Crippen molar-refractivity contribution in [1.82, 2.24) is 20.5 Å². The smallest absolute Gasteiger partial charge is 0.191 e. The van der Waals surface area contributed by atoms with E-state index in [9.17, 15) is 0 Å². The molecule has 2 N–H and O–H groups in total. The van der Waals surface area contributed by atoms with E-state index in [1.807, 2.05) is 24.4 Å². The highest BCUT2D eigenvalue weighted by Crippen LogP contribution is 2.09. The minimum absolute atomic E-state index is 0.656. The Balaban J connectivity index is 1.97. The summed E-state index contributed by atoms with van der Waals surface area (Å²) < 4.78 is 0. The largest absolute Gasteiger partial charge is 0.357 e. The number of nitrogens with one attached hydrogen (secondary N) is 2. The first kappa shape index (κ1) is 19.9. The van der Waals surface area contributed by atoms with Gasteiger partial charge in [-0.3, -0.25) is 9.88 Å². The Morgan fingerprint density at radius 2 is 1.81 bits per heavy atom. The summed E-state index contributed by atoms with van der Waals surface area (Å²) in [6, 6.07) is 14.6. The summed E-state index contributed by atoms with van der Waals surface area (Å²) in [4.78, 5) is 11.5. The molecule has 26 heavy (non-hydrogen) atoms. The Hall–Kier alpha value is -2.40. The summed E-state index contributed by atoms with van der Waals surface area (Å²) in [5.74, 6) is 0.812. The van der Waals surface area contributed by atoms with Crippen LogP contribution in [-0.2, 0) is 19.6 Å². The number of hydrogen-bond donors (Lipinski definition) is 2. The fourth-order valence-corrected chi connectivity index (χ4v) is 2.72. The van der Waals surface area contributed by atoms with Crippen LogP contribution in [0.2, 0.25) is 0 Å². The van der Waals surface area contributed by atoms with Gasteiger partial charge in [0.25, 0.3) is 0 Å². The van der Waals surface area contributed by atoms with Crippen LogP contribution in [0.5, 0.6) is 0 Å². The predicted octanol–water partition coefficient (Wildman–Crippen LogP) is 3.18. The van der Waals surface area contributed by atoms with Gasteiger partial charge in [0.15, 0.2) is 5.96 Å². The highest BCUT2D eigenvalue weighted by molar-refractivity contribution is 5.79. The number of aliphatic imine (C=N–C) groups is 1. The maximum atomic E-state index is 4.71. The van der Waals surface area contributed by atoms with Crippen LogP contribution in [0, 0.1) is 0 Å². The summed E-state index contributed by atoms with van der Waals surface area (Å²) in [7, 11) is 0. The average molecular weight is 354 g/mol. The second-order valence-electron chi connectivity index (χ2n) is 6.15. The first-order chi connectivity index (χ1) is 12.7. The minimum atomic E-state index is 0.656. The Labute approximate surface area is 157 Å². The lowest BCUT2D eigenvalue weighted by Gasteiger charge is -2.18. The van der Waals surface area contributed by atoms with Gasteiger partial charge in [-0.1, -0.05) is 44.2 Å². The van der Waals surface area contributed by atoms with E-state index in [0.717, 1.165) is 37.8 Å². The molecule has 0 aliphatic rings. The zero-order valence-electron chi connectivity index (χ0n) is 16.2. The maximum absolute atomic E-state index is 4.71. The van der Waals surface area contributed by atoms with Crippen molar-refractivity contribution in [2.75, 3.05) is 19.6 Å². The van der Waals surface area contributed by atoms with E-state index in [-0.39, 0.29) is 0 Å². The number of benzene rings is 1. The summed E-state index contributed by atoms with van der Waals surface area (Å²) in [6.45, 7) is 11.8. The molecule has 2 rings (SSSR count). The molecule has 1 heterocycles. The summed E-state index contributed by atoms with van der Waals surface area (Å²) in [5, 5.41) is 6.63. The van der Waals surface area contributed by atoms with Crippen LogP contribution in [0.4, 0.5) is 0 Å². The third kappa shape index (κ3) is 6.84. The van der Waals surface area contributed by atoms with Crippen LogP contribution >= 0.6 is 0 Å². The van der Waals surface area contributed by atoms with Crippen molar-refractivity contribution < 1.29 is 0 Å². The van der Waals surface area contributed by atoms with E-state index in [2.05, 4.69) is 65.6 Å². The summed E-state index contributed by atoms with van der Waals surface area (Å²) >= 11 is 0. The van der Waals surface area contributed by atoms with Gasteiger partial charge < -0.3 is 10.6 Å². The van der Waals surface area contributed by atoms with Crippen LogP contribution in [-0.4, -0.2) is 35.5 Å². The molecule has 140 valence electrons. The van der Waals surface area contributed by atoms with Crippen LogP contribution in [0.3, 0.4) is 0 Å². The van der Waals surface area contributed by atoms with Crippen molar-refractivity contribution in [3.63, 3.8) is 0 Å². The molecule has 5 heteroatoms. The molecule has 5 nitrogen and oxygen atoms in total. The first-order valence-electron chi connectivity index (χ1n) is 9.47. The molecule has 0 atom stereocenters. The quantitative estimate of drug-likeness (QED) is 0.537. The van der Waals surface area contributed by atoms with E-state index in [1.54, 1.807) is 0 Å². The molecule has 0 saturated heterocycles. The summed E-state index contributed by atoms with van der Waals surface area (Å²) in [6.07, 6.45) is 1.81. The molecule has 0 radical (unpaired) electrons. The Kier molecular flexibility index (Phi) is 8.63. The zero-order valence-corrected chi connectivity index (χ0v) is 16.2. The van der Waals surface area contributed by atoms with E-state index >= 15 is 0 Å².